The zero-order valence-electron chi connectivity index (χ0n) is 15.1. The molecule has 25 heavy (non-hydrogen) atoms. The highest BCUT2D eigenvalue weighted by atomic mass is 32.2. The second kappa shape index (κ2) is 7.85. The third kappa shape index (κ3) is 4.81. The summed E-state index contributed by atoms with van der Waals surface area (Å²) in [6, 6.07) is 13.1. The van der Waals surface area contributed by atoms with Crippen molar-refractivity contribution >= 4 is 20.8 Å². The van der Waals surface area contributed by atoms with Gasteiger partial charge in [0.25, 0.3) is 0 Å². The number of hydrogen-bond acceptors (Lipinski definition) is 3. The van der Waals surface area contributed by atoms with Crippen LogP contribution in [-0.2, 0) is 10.0 Å². The topological polar surface area (TPSA) is 49.4 Å². The standard InChI is InChI=1S/C20H28N2O2S/c1-16-12-17(2)15-22(14-16)11-5-10-21-25(23,24)20-9-8-18-6-3-4-7-19(18)13-20/h3-4,6-9,13,16-17,21H,5,10-12,14-15H2,1-2H3/t16-,17+. The molecule has 0 aliphatic carbocycles. The molecule has 0 amide bonds. The second-order valence-electron chi connectivity index (χ2n) is 7.47. The third-order valence-corrected chi connectivity index (χ3v) is 6.38. The molecular formula is C20H28N2O2S. The Labute approximate surface area is 151 Å². The Kier molecular flexibility index (Phi) is 5.77. The Bertz CT molecular complexity index is 809. The lowest BCUT2D eigenvalue weighted by Gasteiger charge is -2.34. The summed E-state index contributed by atoms with van der Waals surface area (Å²) in [5, 5.41) is 2.00. The van der Waals surface area contributed by atoms with Crippen LogP contribution in [0, 0.1) is 11.8 Å². The van der Waals surface area contributed by atoms with E-state index in [1.165, 1.54) is 6.42 Å². The molecule has 0 bridgehead atoms. The van der Waals surface area contributed by atoms with Crippen molar-refractivity contribution in [2.45, 2.75) is 31.6 Å². The number of fused-ring (bicyclic) bond motifs is 1. The summed E-state index contributed by atoms with van der Waals surface area (Å²) in [6.45, 7) is 8.28. The fourth-order valence-electron chi connectivity index (χ4n) is 3.90. The van der Waals surface area contributed by atoms with Crippen LogP contribution in [0.5, 0.6) is 0 Å². The van der Waals surface area contributed by atoms with E-state index in [2.05, 4.69) is 23.5 Å². The van der Waals surface area contributed by atoms with Crippen molar-refractivity contribution < 1.29 is 8.42 Å². The number of hydrogen-bond donors (Lipinski definition) is 1. The number of piperidine rings is 1. The minimum absolute atomic E-state index is 0.339. The zero-order chi connectivity index (χ0) is 17.9. The molecule has 2 aromatic carbocycles. The van der Waals surface area contributed by atoms with E-state index < -0.39 is 10.0 Å². The van der Waals surface area contributed by atoms with Gasteiger partial charge in [0.05, 0.1) is 4.90 Å². The van der Waals surface area contributed by atoms with Gasteiger partial charge in [0.2, 0.25) is 10.0 Å². The second-order valence-corrected chi connectivity index (χ2v) is 9.23. The van der Waals surface area contributed by atoms with Gasteiger partial charge in [0.1, 0.15) is 0 Å². The first-order chi connectivity index (χ1) is 11.9. The number of sulfonamides is 1. The van der Waals surface area contributed by atoms with E-state index in [0.29, 0.717) is 11.4 Å². The molecule has 4 nitrogen and oxygen atoms in total. The molecule has 3 rings (SSSR count). The Hall–Kier alpha value is -1.43. The van der Waals surface area contributed by atoms with E-state index in [9.17, 15) is 8.42 Å². The summed E-state index contributed by atoms with van der Waals surface area (Å²) in [5.74, 6) is 1.47. The molecule has 1 aliphatic heterocycles. The number of rotatable bonds is 6. The van der Waals surface area contributed by atoms with Crippen molar-refractivity contribution in [2.24, 2.45) is 11.8 Å². The molecule has 5 heteroatoms. The summed E-state index contributed by atoms with van der Waals surface area (Å²) in [7, 11) is -3.44. The quantitative estimate of drug-likeness (QED) is 0.802. The number of nitrogens with zero attached hydrogens (tertiary/aromatic N) is 1. The van der Waals surface area contributed by atoms with E-state index >= 15 is 0 Å². The molecule has 0 aromatic heterocycles. The predicted molar refractivity (Wildman–Crippen MR) is 103 cm³/mol. The first-order valence-corrected chi connectivity index (χ1v) is 10.6. The van der Waals surface area contributed by atoms with Gasteiger partial charge in [-0.2, -0.15) is 0 Å². The molecule has 1 heterocycles. The van der Waals surface area contributed by atoms with Gasteiger partial charge in [-0.1, -0.05) is 44.2 Å². The van der Waals surface area contributed by atoms with Gasteiger partial charge in [-0.3, -0.25) is 0 Å². The lowest BCUT2D eigenvalue weighted by molar-refractivity contribution is 0.140. The first-order valence-electron chi connectivity index (χ1n) is 9.15. The monoisotopic (exact) mass is 360 g/mol. The van der Waals surface area contributed by atoms with E-state index in [0.717, 1.165) is 48.7 Å². The van der Waals surface area contributed by atoms with Gasteiger partial charge in [-0.25, -0.2) is 13.1 Å². The smallest absolute Gasteiger partial charge is 0.240 e. The lowest BCUT2D eigenvalue weighted by atomic mass is 9.92. The van der Waals surface area contributed by atoms with Crippen LogP contribution < -0.4 is 4.72 Å². The van der Waals surface area contributed by atoms with Crippen molar-refractivity contribution in [2.75, 3.05) is 26.2 Å². The van der Waals surface area contributed by atoms with Crippen molar-refractivity contribution in [3.8, 4) is 0 Å². The van der Waals surface area contributed by atoms with Gasteiger partial charge < -0.3 is 4.90 Å². The largest absolute Gasteiger partial charge is 0.303 e. The van der Waals surface area contributed by atoms with E-state index in [4.69, 9.17) is 0 Å². The molecular weight excluding hydrogens is 332 g/mol. The lowest BCUT2D eigenvalue weighted by Crippen LogP contribution is -2.40. The fraction of sp³-hybridized carbons (Fsp3) is 0.500. The zero-order valence-corrected chi connectivity index (χ0v) is 15.9. The summed E-state index contributed by atoms with van der Waals surface area (Å²) in [5.41, 5.74) is 0. The van der Waals surface area contributed by atoms with Crippen LogP contribution in [0.25, 0.3) is 10.8 Å². The van der Waals surface area contributed by atoms with Gasteiger partial charge in [-0.15, -0.1) is 0 Å². The molecule has 2 atom stereocenters. The number of likely N-dealkylation sites (tertiary alicyclic amines) is 1. The van der Waals surface area contributed by atoms with Crippen LogP contribution in [0.4, 0.5) is 0 Å². The Morgan fingerprint density at radius 2 is 1.72 bits per heavy atom. The van der Waals surface area contributed by atoms with E-state index in [1.807, 2.05) is 30.3 Å². The number of nitrogens with one attached hydrogen (secondary N) is 1. The van der Waals surface area contributed by atoms with Crippen LogP contribution in [0.2, 0.25) is 0 Å². The van der Waals surface area contributed by atoms with Gasteiger partial charge in [-0.05, 0) is 54.1 Å². The maximum atomic E-state index is 12.5. The van der Waals surface area contributed by atoms with Crippen molar-refractivity contribution in [3.63, 3.8) is 0 Å². The van der Waals surface area contributed by atoms with Crippen LogP contribution in [-0.4, -0.2) is 39.5 Å². The summed E-state index contributed by atoms with van der Waals surface area (Å²) in [6.07, 6.45) is 2.14. The maximum absolute atomic E-state index is 12.5. The van der Waals surface area contributed by atoms with Crippen LogP contribution >= 0.6 is 0 Å². The highest BCUT2D eigenvalue weighted by Gasteiger charge is 2.21. The van der Waals surface area contributed by atoms with Crippen molar-refractivity contribution in [3.05, 3.63) is 42.5 Å². The van der Waals surface area contributed by atoms with E-state index in [1.54, 1.807) is 12.1 Å². The van der Waals surface area contributed by atoms with Crippen molar-refractivity contribution in [1.82, 2.24) is 9.62 Å². The Morgan fingerprint density at radius 1 is 1.04 bits per heavy atom. The summed E-state index contributed by atoms with van der Waals surface area (Å²) in [4.78, 5) is 2.80. The Morgan fingerprint density at radius 3 is 2.44 bits per heavy atom. The molecule has 136 valence electrons. The first kappa shape index (κ1) is 18.4. The van der Waals surface area contributed by atoms with Crippen molar-refractivity contribution in [1.29, 1.82) is 0 Å². The van der Waals surface area contributed by atoms with Gasteiger partial charge >= 0.3 is 0 Å². The van der Waals surface area contributed by atoms with E-state index in [-0.39, 0.29) is 0 Å². The molecule has 0 radical (unpaired) electrons. The highest BCUT2D eigenvalue weighted by molar-refractivity contribution is 7.89. The van der Waals surface area contributed by atoms with Gasteiger partial charge in [0.15, 0.2) is 0 Å². The molecule has 1 saturated heterocycles. The Balaban J connectivity index is 1.54. The molecule has 2 aromatic rings. The molecule has 0 unspecified atom stereocenters. The minimum atomic E-state index is -3.44. The third-order valence-electron chi connectivity index (χ3n) is 4.92. The minimum Gasteiger partial charge on any atom is -0.303 e. The summed E-state index contributed by atoms with van der Waals surface area (Å²) >= 11 is 0. The highest BCUT2D eigenvalue weighted by Crippen LogP contribution is 2.21. The average molecular weight is 361 g/mol. The molecule has 1 N–H and O–H groups in total. The average Bonchev–Trinajstić information content (AvgIpc) is 2.57. The summed E-state index contributed by atoms with van der Waals surface area (Å²) < 4.78 is 27.8. The normalized spacial score (nSPS) is 22.3. The van der Waals surface area contributed by atoms with Crippen LogP contribution in [0.15, 0.2) is 47.4 Å². The fourth-order valence-corrected chi connectivity index (χ4v) is 5.01. The van der Waals surface area contributed by atoms with Gasteiger partial charge in [0, 0.05) is 19.6 Å². The predicted octanol–water partition coefficient (Wildman–Crippen LogP) is 3.49. The molecule has 0 spiro atoms. The molecule has 1 aliphatic rings. The SMILES string of the molecule is C[C@@H]1C[C@H](C)CN(CCCNS(=O)(=O)c2ccc3ccccc3c2)C1. The molecule has 0 saturated carbocycles. The number of benzene rings is 2. The van der Waals surface area contributed by atoms with Crippen LogP contribution in [0.1, 0.15) is 26.7 Å². The van der Waals surface area contributed by atoms with Crippen LogP contribution in [0.3, 0.4) is 0 Å². The molecule has 1 fully saturated rings. The maximum Gasteiger partial charge on any atom is 0.240 e.